The van der Waals surface area contributed by atoms with E-state index >= 15 is 0 Å². The van der Waals surface area contributed by atoms with Gasteiger partial charge in [-0.25, -0.2) is 8.42 Å². The van der Waals surface area contributed by atoms with E-state index in [-0.39, 0.29) is 48.7 Å². The lowest BCUT2D eigenvalue weighted by Gasteiger charge is -2.26. The third-order valence-electron chi connectivity index (χ3n) is 5.02. The fourth-order valence-electron chi connectivity index (χ4n) is 3.13. The lowest BCUT2D eigenvalue weighted by atomic mass is 10.1. The van der Waals surface area contributed by atoms with Crippen molar-refractivity contribution >= 4 is 15.7 Å². The van der Waals surface area contributed by atoms with Crippen LogP contribution in [0.4, 0.5) is 0 Å². The van der Waals surface area contributed by atoms with Crippen LogP contribution in [0.3, 0.4) is 0 Å². The first-order valence-corrected chi connectivity index (χ1v) is 11.5. The number of aryl methyl sites for hydroxylation is 2. The summed E-state index contributed by atoms with van der Waals surface area (Å²) in [6.07, 6.45) is 1.72. The molecule has 0 radical (unpaired) electrons. The molecule has 1 aliphatic rings. The molecular formula is C20H21N5O5S. The molecule has 4 rings (SSSR count). The van der Waals surface area contributed by atoms with Crippen LogP contribution in [-0.4, -0.2) is 64.2 Å². The van der Waals surface area contributed by atoms with Gasteiger partial charge in [-0.15, -0.1) is 10.2 Å². The Morgan fingerprint density at radius 1 is 1.13 bits per heavy atom. The lowest BCUT2D eigenvalue weighted by Crippen LogP contribution is -2.44. The van der Waals surface area contributed by atoms with Crippen LogP contribution in [0.1, 0.15) is 27.5 Å². The van der Waals surface area contributed by atoms with Gasteiger partial charge in [0.2, 0.25) is 5.88 Å². The number of carbonyl (C=O) groups excluding carboxylic acids is 1. The van der Waals surface area contributed by atoms with Crippen molar-refractivity contribution in [3.63, 3.8) is 0 Å². The quantitative estimate of drug-likeness (QED) is 0.577. The van der Waals surface area contributed by atoms with Gasteiger partial charge >= 0.3 is 0 Å². The molecule has 0 atom stereocenters. The second-order valence-corrected chi connectivity index (χ2v) is 9.55. The average molecular weight is 443 g/mol. The normalized spacial score (nSPS) is 15.6. The maximum Gasteiger partial charge on any atom is 0.274 e. The van der Waals surface area contributed by atoms with Crippen molar-refractivity contribution in [1.82, 2.24) is 25.2 Å². The molecule has 0 aromatic carbocycles. The Hall–Kier alpha value is -3.34. The number of sulfone groups is 1. The van der Waals surface area contributed by atoms with Gasteiger partial charge in [0.25, 0.3) is 5.91 Å². The summed E-state index contributed by atoms with van der Waals surface area (Å²) in [5, 5.41) is 12.0. The van der Waals surface area contributed by atoms with E-state index in [2.05, 4.69) is 20.3 Å². The number of amides is 1. The number of ether oxygens (including phenoxy) is 1. The van der Waals surface area contributed by atoms with Crippen LogP contribution in [0.25, 0.3) is 11.3 Å². The van der Waals surface area contributed by atoms with Crippen LogP contribution in [0.2, 0.25) is 0 Å². The Bertz CT molecular complexity index is 1180. The van der Waals surface area contributed by atoms with Gasteiger partial charge in [0.15, 0.2) is 15.5 Å². The standard InChI is InChI=1S/C20H21N5O5S/c1-13-3-4-15(11-21-13)19-16(14(2)30-24-19)12-29-18-6-5-17(22-23-18)20(26)25-7-9-31(27,28)10-8-25/h3-6,11H,7-10,12H2,1-2H3. The number of nitrogens with zero attached hydrogens (tertiary/aromatic N) is 5. The molecule has 1 aliphatic heterocycles. The van der Waals surface area contributed by atoms with Gasteiger partial charge in [0.05, 0.1) is 17.1 Å². The zero-order valence-corrected chi connectivity index (χ0v) is 17.9. The van der Waals surface area contributed by atoms with Crippen molar-refractivity contribution in [2.24, 2.45) is 0 Å². The van der Waals surface area contributed by atoms with Crippen LogP contribution >= 0.6 is 0 Å². The van der Waals surface area contributed by atoms with Crippen LogP contribution in [0.15, 0.2) is 35.0 Å². The van der Waals surface area contributed by atoms with Crippen molar-refractivity contribution in [1.29, 1.82) is 0 Å². The number of pyridine rings is 1. The molecule has 0 saturated carbocycles. The Balaban J connectivity index is 1.42. The molecule has 3 aromatic rings. The van der Waals surface area contributed by atoms with Gasteiger partial charge in [-0.3, -0.25) is 9.78 Å². The first kappa shape index (κ1) is 20.9. The number of rotatable bonds is 5. The molecular weight excluding hydrogens is 422 g/mol. The van der Waals surface area contributed by atoms with Crippen molar-refractivity contribution < 1.29 is 22.5 Å². The van der Waals surface area contributed by atoms with E-state index in [4.69, 9.17) is 9.26 Å². The van der Waals surface area contributed by atoms with E-state index in [9.17, 15) is 13.2 Å². The van der Waals surface area contributed by atoms with E-state index in [0.29, 0.717) is 11.5 Å². The molecule has 1 amide bonds. The minimum absolute atomic E-state index is 0.0374. The summed E-state index contributed by atoms with van der Waals surface area (Å²) in [4.78, 5) is 18.2. The van der Waals surface area contributed by atoms with Gasteiger partial charge in [-0.2, -0.15) is 0 Å². The highest BCUT2D eigenvalue weighted by atomic mass is 32.2. The lowest BCUT2D eigenvalue weighted by molar-refractivity contribution is 0.0763. The topological polar surface area (TPSA) is 128 Å². The molecule has 1 saturated heterocycles. The van der Waals surface area contributed by atoms with Gasteiger partial charge in [-0.05, 0) is 32.0 Å². The molecule has 0 unspecified atom stereocenters. The molecule has 0 bridgehead atoms. The van der Waals surface area contributed by atoms with Gasteiger partial charge in [0.1, 0.15) is 18.1 Å². The minimum atomic E-state index is -3.06. The molecule has 0 spiro atoms. The molecule has 0 N–H and O–H groups in total. The van der Waals surface area contributed by atoms with Crippen molar-refractivity contribution in [2.75, 3.05) is 24.6 Å². The second-order valence-electron chi connectivity index (χ2n) is 7.24. The zero-order valence-electron chi connectivity index (χ0n) is 17.1. The van der Waals surface area contributed by atoms with E-state index < -0.39 is 9.84 Å². The van der Waals surface area contributed by atoms with Crippen molar-refractivity contribution in [3.8, 4) is 17.1 Å². The highest BCUT2D eigenvalue weighted by Crippen LogP contribution is 2.26. The van der Waals surface area contributed by atoms with Gasteiger partial charge < -0.3 is 14.2 Å². The van der Waals surface area contributed by atoms with Crippen LogP contribution in [0.5, 0.6) is 5.88 Å². The van der Waals surface area contributed by atoms with Gasteiger partial charge in [-0.1, -0.05) is 5.16 Å². The first-order valence-electron chi connectivity index (χ1n) is 9.67. The summed E-state index contributed by atoms with van der Waals surface area (Å²) in [5.41, 5.74) is 3.26. The molecule has 10 nitrogen and oxygen atoms in total. The Morgan fingerprint density at radius 2 is 1.90 bits per heavy atom. The van der Waals surface area contributed by atoms with Crippen LogP contribution in [-0.2, 0) is 16.4 Å². The first-order chi connectivity index (χ1) is 14.8. The minimum Gasteiger partial charge on any atom is -0.472 e. The summed E-state index contributed by atoms with van der Waals surface area (Å²) in [7, 11) is -3.06. The largest absolute Gasteiger partial charge is 0.472 e. The molecule has 11 heteroatoms. The summed E-state index contributed by atoms with van der Waals surface area (Å²) < 4.78 is 34.1. The Kier molecular flexibility index (Phi) is 5.68. The fourth-order valence-corrected chi connectivity index (χ4v) is 4.33. The Labute approximate surface area is 179 Å². The average Bonchev–Trinajstić information content (AvgIpc) is 3.13. The molecule has 1 fully saturated rings. The molecule has 31 heavy (non-hydrogen) atoms. The predicted octanol–water partition coefficient (Wildman–Crippen LogP) is 1.59. The maximum absolute atomic E-state index is 12.5. The summed E-state index contributed by atoms with van der Waals surface area (Å²) in [6, 6.07) is 6.87. The van der Waals surface area contributed by atoms with Gasteiger partial charge in [0, 0.05) is 36.6 Å². The zero-order chi connectivity index (χ0) is 22.0. The van der Waals surface area contributed by atoms with E-state index in [1.165, 1.54) is 11.0 Å². The predicted molar refractivity (Wildman–Crippen MR) is 110 cm³/mol. The summed E-state index contributed by atoms with van der Waals surface area (Å²) >= 11 is 0. The maximum atomic E-state index is 12.5. The highest BCUT2D eigenvalue weighted by molar-refractivity contribution is 7.91. The Morgan fingerprint density at radius 3 is 2.55 bits per heavy atom. The van der Waals surface area contributed by atoms with E-state index in [1.807, 2.05) is 19.1 Å². The SMILES string of the molecule is Cc1ccc(-c2noc(C)c2COc2ccc(C(=O)N3CCS(=O)(=O)CC3)nn2)cn1. The summed E-state index contributed by atoms with van der Waals surface area (Å²) in [6.45, 7) is 4.17. The smallest absolute Gasteiger partial charge is 0.274 e. The van der Waals surface area contributed by atoms with Crippen LogP contribution < -0.4 is 4.74 Å². The number of hydrogen-bond donors (Lipinski definition) is 0. The molecule has 3 aromatic heterocycles. The molecule has 162 valence electrons. The molecule has 4 heterocycles. The number of carbonyl (C=O) groups is 1. The highest BCUT2D eigenvalue weighted by Gasteiger charge is 2.26. The van der Waals surface area contributed by atoms with Crippen molar-refractivity contribution in [2.45, 2.75) is 20.5 Å². The van der Waals surface area contributed by atoms with Crippen molar-refractivity contribution in [3.05, 3.63) is 53.2 Å². The third-order valence-corrected chi connectivity index (χ3v) is 6.63. The van der Waals surface area contributed by atoms with E-state index in [0.717, 1.165) is 16.8 Å². The van der Waals surface area contributed by atoms with Crippen LogP contribution in [0, 0.1) is 13.8 Å². The van der Waals surface area contributed by atoms with E-state index in [1.54, 1.807) is 19.2 Å². The second kappa shape index (κ2) is 8.42. The molecule has 0 aliphatic carbocycles. The number of hydrogen-bond acceptors (Lipinski definition) is 9. The number of aromatic nitrogens is 4. The third kappa shape index (κ3) is 4.71. The summed E-state index contributed by atoms with van der Waals surface area (Å²) in [5.74, 6) is 0.439. The monoisotopic (exact) mass is 443 g/mol. The fraction of sp³-hybridized carbons (Fsp3) is 0.350.